The van der Waals surface area contributed by atoms with Gasteiger partial charge in [-0.1, -0.05) is 15.9 Å². The van der Waals surface area contributed by atoms with Gasteiger partial charge in [-0.25, -0.2) is 0 Å². The van der Waals surface area contributed by atoms with E-state index in [1.54, 1.807) is 0 Å². The molecule has 0 fully saturated rings. The molecule has 0 spiro atoms. The second kappa shape index (κ2) is 5.40. The Labute approximate surface area is 108 Å². The van der Waals surface area contributed by atoms with Gasteiger partial charge in [0, 0.05) is 0 Å². The molecule has 0 aliphatic rings. The van der Waals surface area contributed by atoms with E-state index < -0.39 is 4.92 Å². The molecule has 0 heterocycles. The van der Waals surface area contributed by atoms with Gasteiger partial charge in [0.2, 0.25) is 0 Å². The van der Waals surface area contributed by atoms with Gasteiger partial charge in [0.1, 0.15) is 5.75 Å². The first kappa shape index (κ1) is 13.1. The molecule has 0 bridgehead atoms. The standard InChI is InChI=1S/C9H7Br2NO4/c1-16-9-3-7(12(14)15)5(2-6(9)11)8(13)4-10/h2-3H,4H2,1H3. The minimum atomic E-state index is -0.606. The summed E-state index contributed by atoms with van der Waals surface area (Å²) in [6.45, 7) is 0. The molecule has 0 atom stereocenters. The zero-order valence-electron chi connectivity index (χ0n) is 8.20. The summed E-state index contributed by atoms with van der Waals surface area (Å²) in [5.74, 6) is -0.0344. The number of nitrogens with zero attached hydrogens (tertiary/aromatic N) is 1. The molecule has 0 aliphatic heterocycles. The first-order valence-corrected chi connectivity index (χ1v) is 6.03. The van der Waals surface area contributed by atoms with Gasteiger partial charge in [-0.2, -0.15) is 0 Å². The maximum Gasteiger partial charge on any atom is 0.283 e. The van der Waals surface area contributed by atoms with Gasteiger partial charge in [0.05, 0.1) is 33.5 Å². The molecule has 0 radical (unpaired) electrons. The van der Waals surface area contributed by atoms with Crippen LogP contribution in [0.1, 0.15) is 10.4 Å². The van der Waals surface area contributed by atoms with E-state index >= 15 is 0 Å². The lowest BCUT2D eigenvalue weighted by Gasteiger charge is -2.06. The van der Waals surface area contributed by atoms with E-state index in [9.17, 15) is 14.9 Å². The van der Waals surface area contributed by atoms with E-state index in [0.29, 0.717) is 10.2 Å². The average molecular weight is 353 g/mol. The highest BCUT2D eigenvalue weighted by Gasteiger charge is 2.22. The minimum Gasteiger partial charge on any atom is -0.495 e. The first-order valence-electron chi connectivity index (χ1n) is 4.12. The summed E-state index contributed by atoms with van der Waals surface area (Å²) < 4.78 is 5.43. The van der Waals surface area contributed by atoms with Crippen molar-refractivity contribution in [2.24, 2.45) is 0 Å². The summed E-state index contributed by atoms with van der Waals surface area (Å²) >= 11 is 6.15. The number of benzene rings is 1. The topological polar surface area (TPSA) is 69.4 Å². The highest BCUT2D eigenvalue weighted by Crippen LogP contribution is 2.33. The highest BCUT2D eigenvalue weighted by atomic mass is 79.9. The Bertz CT molecular complexity index is 447. The third-order valence-corrected chi connectivity index (χ3v) is 3.02. The number of methoxy groups -OCH3 is 1. The molecule has 1 aromatic rings. The number of carbonyl (C=O) groups is 1. The third-order valence-electron chi connectivity index (χ3n) is 1.89. The number of carbonyl (C=O) groups excluding carboxylic acids is 1. The molecular weight excluding hydrogens is 346 g/mol. The second-order valence-corrected chi connectivity index (χ2v) is 4.23. The lowest BCUT2D eigenvalue weighted by Crippen LogP contribution is -2.05. The lowest BCUT2D eigenvalue weighted by atomic mass is 10.1. The van der Waals surface area contributed by atoms with Crippen molar-refractivity contribution in [1.29, 1.82) is 0 Å². The summed E-state index contributed by atoms with van der Waals surface area (Å²) in [6.07, 6.45) is 0. The Morgan fingerprint density at radius 3 is 2.62 bits per heavy atom. The van der Waals surface area contributed by atoms with Crippen molar-refractivity contribution >= 4 is 43.3 Å². The summed E-state index contributed by atoms with van der Waals surface area (Å²) in [5.41, 5.74) is -0.209. The van der Waals surface area contributed by atoms with Gasteiger partial charge in [0.25, 0.3) is 5.69 Å². The molecule has 5 nitrogen and oxygen atoms in total. The fourth-order valence-electron chi connectivity index (χ4n) is 1.15. The van der Waals surface area contributed by atoms with Gasteiger partial charge >= 0.3 is 0 Å². The minimum absolute atomic E-state index is 0.0343. The molecule has 86 valence electrons. The normalized spacial score (nSPS) is 9.94. The monoisotopic (exact) mass is 351 g/mol. The van der Waals surface area contributed by atoms with Crippen LogP contribution in [-0.4, -0.2) is 23.1 Å². The molecule has 7 heteroatoms. The zero-order chi connectivity index (χ0) is 12.3. The summed E-state index contributed by atoms with van der Waals surface area (Å²) in [7, 11) is 1.40. The Balaban J connectivity index is 3.42. The molecule has 0 aliphatic carbocycles. The molecule has 0 unspecified atom stereocenters. The maximum atomic E-state index is 11.5. The number of halogens is 2. The number of ether oxygens (including phenoxy) is 1. The fraction of sp³-hybridized carbons (Fsp3) is 0.222. The predicted molar refractivity (Wildman–Crippen MR) is 65.5 cm³/mol. The molecule has 0 N–H and O–H groups in total. The fourth-order valence-corrected chi connectivity index (χ4v) is 1.95. The zero-order valence-corrected chi connectivity index (χ0v) is 11.4. The lowest BCUT2D eigenvalue weighted by molar-refractivity contribution is -0.385. The van der Waals surface area contributed by atoms with Gasteiger partial charge < -0.3 is 4.74 Å². The van der Waals surface area contributed by atoms with Crippen molar-refractivity contribution in [3.05, 3.63) is 32.3 Å². The Morgan fingerprint density at radius 1 is 1.56 bits per heavy atom. The highest BCUT2D eigenvalue weighted by molar-refractivity contribution is 9.10. The van der Waals surface area contributed by atoms with E-state index in [1.807, 2.05) is 0 Å². The number of hydrogen-bond donors (Lipinski definition) is 0. The van der Waals surface area contributed by atoms with Crippen LogP contribution in [0.15, 0.2) is 16.6 Å². The van der Waals surface area contributed by atoms with Crippen LogP contribution in [0.25, 0.3) is 0 Å². The van der Waals surface area contributed by atoms with Crippen molar-refractivity contribution in [2.75, 3.05) is 12.4 Å². The molecule has 0 saturated carbocycles. The van der Waals surface area contributed by atoms with Gasteiger partial charge in [-0.05, 0) is 22.0 Å². The molecule has 1 aromatic carbocycles. The number of rotatable bonds is 4. The molecule has 0 aromatic heterocycles. The maximum absolute atomic E-state index is 11.5. The Morgan fingerprint density at radius 2 is 2.19 bits per heavy atom. The van der Waals surface area contributed by atoms with Crippen LogP contribution in [0.5, 0.6) is 5.75 Å². The number of hydrogen-bond acceptors (Lipinski definition) is 4. The Hall–Kier alpha value is -0.950. The number of nitro groups is 1. The van der Waals surface area contributed by atoms with Crippen LogP contribution in [0.2, 0.25) is 0 Å². The van der Waals surface area contributed by atoms with E-state index in [4.69, 9.17) is 4.74 Å². The first-order chi connectivity index (χ1) is 7.51. The SMILES string of the molecule is COc1cc([N+](=O)[O-])c(C(=O)CBr)cc1Br. The molecule has 16 heavy (non-hydrogen) atoms. The number of alkyl halides is 1. The number of nitro benzene ring substituents is 1. The third kappa shape index (κ3) is 2.59. The molecule has 1 rings (SSSR count). The van der Waals surface area contributed by atoms with Crippen LogP contribution < -0.4 is 4.74 Å². The van der Waals surface area contributed by atoms with Gasteiger partial charge in [0.15, 0.2) is 5.78 Å². The predicted octanol–water partition coefficient (Wildman–Crippen LogP) is 2.94. The molecule has 0 saturated heterocycles. The van der Waals surface area contributed by atoms with Gasteiger partial charge in [-0.3, -0.25) is 14.9 Å². The average Bonchev–Trinajstić information content (AvgIpc) is 2.27. The van der Waals surface area contributed by atoms with Crippen LogP contribution in [-0.2, 0) is 0 Å². The smallest absolute Gasteiger partial charge is 0.283 e. The summed E-state index contributed by atoms with van der Waals surface area (Å²) in [5, 5.41) is 10.8. The van der Waals surface area contributed by atoms with Crippen LogP contribution >= 0.6 is 31.9 Å². The van der Waals surface area contributed by atoms with Crippen molar-refractivity contribution in [1.82, 2.24) is 0 Å². The Kier molecular flexibility index (Phi) is 4.43. The van der Waals surface area contributed by atoms with Gasteiger partial charge in [-0.15, -0.1) is 0 Å². The van der Waals surface area contributed by atoms with Crippen LogP contribution in [0, 0.1) is 10.1 Å². The summed E-state index contributed by atoms with van der Waals surface area (Å²) in [6, 6.07) is 2.61. The molecular formula is C9H7Br2NO4. The van der Waals surface area contributed by atoms with Crippen LogP contribution in [0.3, 0.4) is 0 Å². The summed E-state index contributed by atoms with van der Waals surface area (Å²) in [4.78, 5) is 21.7. The van der Waals surface area contributed by atoms with E-state index in [0.717, 1.165) is 0 Å². The van der Waals surface area contributed by atoms with E-state index in [-0.39, 0.29) is 22.4 Å². The van der Waals surface area contributed by atoms with Crippen LogP contribution in [0.4, 0.5) is 5.69 Å². The van der Waals surface area contributed by atoms with Crippen molar-refractivity contribution in [3.8, 4) is 5.75 Å². The number of ketones is 1. The number of Topliss-reactive ketones (excluding diaryl/α,β-unsaturated/α-hetero) is 1. The second-order valence-electron chi connectivity index (χ2n) is 2.82. The van der Waals surface area contributed by atoms with Crippen molar-refractivity contribution in [2.45, 2.75) is 0 Å². The van der Waals surface area contributed by atoms with Crippen molar-refractivity contribution in [3.63, 3.8) is 0 Å². The van der Waals surface area contributed by atoms with E-state index in [2.05, 4.69) is 31.9 Å². The molecule has 0 amide bonds. The van der Waals surface area contributed by atoms with E-state index in [1.165, 1.54) is 19.2 Å². The van der Waals surface area contributed by atoms with Crippen molar-refractivity contribution < 1.29 is 14.5 Å². The quantitative estimate of drug-likeness (QED) is 0.361. The largest absolute Gasteiger partial charge is 0.495 e.